The number of fused-ring (bicyclic) bond motifs is 1. The Morgan fingerprint density at radius 2 is 2.00 bits per heavy atom. The Balaban J connectivity index is 2.73. The molecule has 0 amide bonds. The third kappa shape index (κ3) is 1.36. The number of nitrogens with one attached hydrogen (secondary N) is 1. The third-order valence-electron chi connectivity index (χ3n) is 2.16. The van der Waals surface area contributed by atoms with Gasteiger partial charge in [-0.25, -0.2) is 9.97 Å². The Bertz CT molecular complexity index is 464. The molecule has 0 unspecified atom stereocenters. The van der Waals surface area contributed by atoms with Gasteiger partial charge in [-0.3, -0.25) is 5.10 Å². The summed E-state index contributed by atoms with van der Waals surface area (Å²) >= 11 is 0. The van der Waals surface area contributed by atoms with E-state index >= 15 is 0 Å². The average Bonchev–Trinajstić information content (AvgIpc) is 2.45. The van der Waals surface area contributed by atoms with Crippen molar-refractivity contribution in [1.29, 1.82) is 0 Å². The van der Waals surface area contributed by atoms with Crippen LogP contribution in [0.1, 0.15) is 32.3 Å². The number of aromatic nitrogens is 4. The summed E-state index contributed by atoms with van der Waals surface area (Å²) in [6, 6.07) is 0. The van der Waals surface area contributed by atoms with Crippen LogP contribution in [0.2, 0.25) is 0 Å². The maximum atomic E-state index is 4.40. The van der Waals surface area contributed by atoms with Gasteiger partial charge in [0.1, 0.15) is 16.9 Å². The molecule has 1 N–H and O–H groups in total. The molecule has 4 heteroatoms. The lowest BCUT2D eigenvalue weighted by atomic mass is 9.91. The molecule has 0 aliphatic carbocycles. The first-order valence-electron chi connectivity index (χ1n) is 4.66. The van der Waals surface area contributed by atoms with E-state index in [0.717, 1.165) is 22.6 Å². The Kier molecular flexibility index (Phi) is 1.80. The van der Waals surface area contributed by atoms with Gasteiger partial charge in [0.05, 0.1) is 11.9 Å². The minimum absolute atomic E-state index is 0.0372. The van der Waals surface area contributed by atoms with Crippen molar-refractivity contribution in [2.45, 2.75) is 33.1 Å². The molecule has 2 aromatic heterocycles. The zero-order valence-corrected chi connectivity index (χ0v) is 8.92. The van der Waals surface area contributed by atoms with Crippen LogP contribution in [0.4, 0.5) is 0 Å². The van der Waals surface area contributed by atoms with Crippen molar-refractivity contribution in [2.24, 2.45) is 0 Å². The first-order valence-corrected chi connectivity index (χ1v) is 4.66. The smallest absolute Gasteiger partial charge is 0.129 e. The summed E-state index contributed by atoms with van der Waals surface area (Å²) in [4.78, 5) is 8.51. The van der Waals surface area contributed by atoms with Crippen molar-refractivity contribution >= 4 is 11.0 Å². The lowest BCUT2D eigenvalue weighted by molar-refractivity contribution is 0.570. The van der Waals surface area contributed by atoms with E-state index in [4.69, 9.17) is 0 Å². The molecule has 0 bridgehead atoms. The molecular formula is C10H14N4. The molecule has 0 aromatic carbocycles. The lowest BCUT2D eigenvalue weighted by Crippen LogP contribution is -2.12. The van der Waals surface area contributed by atoms with E-state index in [1.807, 2.05) is 6.92 Å². The van der Waals surface area contributed by atoms with Gasteiger partial charge < -0.3 is 0 Å². The minimum atomic E-state index is 0.0372. The summed E-state index contributed by atoms with van der Waals surface area (Å²) in [5, 5.41) is 7.20. The zero-order valence-electron chi connectivity index (χ0n) is 8.92. The van der Waals surface area contributed by atoms with E-state index in [1.165, 1.54) is 0 Å². The molecule has 14 heavy (non-hydrogen) atoms. The fourth-order valence-corrected chi connectivity index (χ4v) is 1.42. The van der Waals surface area contributed by atoms with Crippen LogP contribution in [0.3, 0.4) is 0 Å². The molecule has 0 fully saturated rings. The van der Waals surface area contributed by atoms with Crippen LogP contribution in [0.15, 0.2) is 6.20 Å². The summed E-state index contributed by atoms with van der Waals surface area (Å²) < 4.78 is 0. The predicted octanol–water partition coefficient (Wildman–Crippen LogP) is 1.96. The Labute approximate surface area is 82.8 Å². The van der Waals surface area contributed by atoms with E-state index in [0.29, 0.717) is 0 Å². The first-order chi connectivity index (χ1) is 6.48. The van der Waals surface area contributed by atoms with Crippen LogP contribution in [0.5, 0.6) is 0 Å². The van der Waals surface area contributed by atoms with Crippen molar-refractivity contribution in [2.75, 3.05) is 0 Å². The molecular weight excluding hydrogens is 176 g/mol. The molecule has 2 heterocycles. The molecule has 0 aliphatic heterocycles. The van der Waals surface area contributed by atoms with E-state index in [-0.39, 0.29) is 5.41 Å². The number of hydrogen-bond donors (Lipinski definition) is 1. The summed E-state index contributed by atoms with van der Waals surface area (Å²) in [6.07, 6.45) is 1.75. The molecule has 0 atom stereocenters. The number of aryl methyl sites for hydroxylation is 1. The second-order valence-electron chi connectivity index (χ2n) is 4.50. The molecule has 0 spiro atoms. The highest BCUT2D eigenvalue weighted by molar-refractivity contribution is 5.76. The highest BCUT2D eigenvalue weighted by Crippen LogP contribution is 2.25. The van der Waals surface area contributed by atoms with Gasteiger partial charge in [0, 0.05) is 5.41 Å². The summed E-state index contributed by atoms with van der Waals surface area (Å²) in [5.41, 5.74) is 2.87. The topological polar surface area (TPSA) is 54.5 Å². The van der Waals surface area contributed by atoms with E-state index in [1.54, 1.807) is 6.20 Å². The normalized spacial score (nSPS) is 12.3. The van der Waals surface area contributed by atoms with Crippen molar-refractivity contribution < 1.29 is 0 Å². The Hall–Kier alpha value is -1.45. The minimum Gasteiger partial charge on any atom is -0.279 e. The highest BCUT2D eigenvalue weighted by Gasteiger charge is 2.20. The van der Waals surface area contributed by atoms with Gasteiger partial charge in [-0.2, -0.15) is 5.10 Å². The second kappa shape index (κ2) is 2.77. The average molecular weight is 190 g/mol. The van der Waals surface area contributed by atoms with Crippen molar-refractivity contribution in [3.05, 3.63) is 17.7 Å². The Morgan fingerprint density at radius 3 is 2.64 bits per heavy atom. The zero-order chi connectivity index (χ0) is 10.3. The van der Waals surface area contributed by atoms with Crippen LogP contribution < -0.4 is 0 Å². The van der Waals surface area contributed by atoms with Crippen LogP contribution in [0.25, 0.3) is 11.0 Å². The van der Waals surface area contributed by atoms with Gasteiger partial charge >= 0.3 is 0 Å². The van der Waals surface area contributed by atoms with Crippen molar-refractivity contribution in [3.63, 3.8) is 0 Å². The van der Waals surface area contributed by atoms with Crippen LogP contribution in [0, 0.1) is 6.92 Å². The number of H-pyrrole nitrogens is 1. The van der Waals surface area contributed by atoms with Gasteiger partial charge in [-0.05, 0) is 6.92 Å². The SMILES string of the molecule is Cc1ncc2n[nH]c(C(C)(C)C)c2n1. The molecule has 0 saturated heterocycles. The number of rotatable bonds is 0. The van der Waals surface area contributed by atoms with E-state index in [2.05, 4.69) is 40.9 Å². The molecule has 2 rings (SSSR count). The van der Waals surface area contributed by atoms with Gasteiger partial charge in [-0.15, -0.1) is 0 Å². The second-order valence-corrected chi connectivity index (χ2v) is 4.50. The molecule has 0 aliphatic rings. The van der Waals surface area contributed by atoms with Gasteiger partial charge in [-0.1, -0.05) is 20.8 Å². The van der Waals surface area contributed by atoms with Crippen LogP contribution in [-0.4, -0.2) is 20.2 Å². The predicted molar refractivity (Wildman–Crippen MR) is 55.1 cm³/mol. The summed E-state index contributed by atoms with van der Waals surface area (Å²) in [7, 11) is 0. The first kappa shape index (κ1) is 9.12. The molecule has 0 saturated carbocycles. The molecule has 4 nitrogen and oxygen atoms in total. The monoisotopic (exact) mass is 190 g/mol. The Morgan fingerprint density at radius 1 is 1.29 bits per heavy atom. The quantitative estimate of drug-likeness (QED) is 0.690. The van der Waals surface area contributed by atoms with E-state index in [9.17, 15) is 0 Å². The molecule has 0 radical (unpaired) electrons. The maximum Gasteiger partial charge on any atom is 0.129 e. The van der Waals surface area contributed by atoms with E-state index < -0.39 is 0 Å². The highest BCUT2D eigenvalue weighted by atomic mass is 15.1. The number of nitrogens with zero attached hydrogens (tertiary/aromatic N) is 3. The van der Waals surface area contributed by atoms with Crippen molar-refractivity contribution in [3.8, 4) is 0 Å². The lowest BCUT2D eigenvalue weighted by Gasteiger charge is -2.15. The molecule has 2 aromatic rings. The molecule has 74 valence electrons. The van der Waals surface area contributed by atoms with Gasteiger partial charge in [0.2, 0.25) is 0 Å². The van der Waals surface area contributed by atoms with Gasteiger partial charge in [0.15, 0.2) is 0 Å². The number of hydrogen-bond acceptors (Lipinski definition) is 3. The third-order valence-corrected chi connectivity index (χ3v) is 2.16. The van der Waals surface area contributed by atoms with Crippen LogP contribution >= 0.6 is 0 Å². The maximum absolute atomic E-state index is 4.40. The standard InChI is InChI=1S/C10H14N4/c1-6-11-5-7-8(12-6)9(14-13-7)10(2,3)4/h5H,1-4H3,(H,13,14). The summed E-state index contributed by atoms with van der Waals surface area (Å²) in [6.45, 7) is 8.30. The number of aromatic amines is 1. The largest absolute Gasteiger partial charge is 0.279 e. The van der Waals surface area contributed by atoms with Gasteiger partial charge in [0.25, 0.3) is 0 Å². The fourth-order valence-electron chi connectivity index (χ4n) is 1.42. The fraction of sp³-hybridized carbons (Fsp3) is 0.500. The van der Waals surface area contributed by atoms with Crippen molar-refractivity contribution in [1.82, 2.24) is 20.2 Å². The summed E-state index contributed by atoms with van der Waals surface area (Å²) in [5.74, 6) is 0.782. The van der Waals surface area contributed by atoms with Crippen LogP contribution in [-0.2, 0) is 5.41 Å².